The predicted octanol–water partition coefficient (Wildman–Crippen LogP) is -0.184. The minimum atomic E-state index is -0.445. The normalized spacial score (nSPS) is 16.2. The summed E-state index contributed by atoms with van der Waals surface area (Å²) < 4.78 is 0. The highest BCUT2D eigenvalue weighted by Crippen LogP contribution is 2.32. The molecule has 0 aliphatic heterocycles. The molecule has 1 aliphatic carbocycles. The lowest BCUT2D eigenvalue weighted by molar-refractivity contribution is -0.121. The highest BCUT2D eigenvalue weighted by atomic mass is 16.3. The van der Waals surface area contributed by atoms with Crippen LogP contribution in [0.2, 0.25) is 0 Å². The van der Waals surface area contributed by atoms with Crippen LogP contribution in [0.4, 0.5) is 0 Å². The van der Waals surface area contributed by atoms with Crippen LogP contribution in [0.1, 0.15) is 29.8 Å². The SMILES string of the molecule is Cc1nc(=O)[nH]c(C)c1CC(=O)NCC(O)C1CC1. The maximum Gasteiger partial charge on any atom is 0.345 e. The van der Waals surface area contributed by atoms with Crippen LogP contribution in [0, 0.1) is 19.8 Å². The summed E-state index contributed by atoms with van der Waals surface area (Å²) in [5.74, 6) is 0.179. The van der Waals surface area contributed by atoms with Gasteiger partial charge in [-0.15, -0.1) is 0 Å². The predicted molar refractivity (Wildman–Crippen MR) is 69.8 cm³/mol. The number of aromatic amines is 1. The molecule has 6 heteroatoms. The molecular formula is C13H19N3O3. The number of H-pyrrole nitrogens is 1. The summed E-state index contributed by atoms with van der Waals surface area (Å²) in [4.78, 5) is 29.3. The van der Waals surface area contributed by atoms with Crippen LogP contribution in [0.3, 0.4) is 0 Å². The van der Waals surface area contributed by atoms with Crippen LogP contribution >= 0.6 is 0 Å². The van der Waals surface area contributed by atoms with Gasteiger partial charge in [0.2, 0.25) is 5.91 Å². The lowest BCUT2D eigenvalue weighted by Crippen LogP contribution is -2.34. The molecule has 1 fully saturated rings. The molecule has 0 aromatic carbocycles. The summed E-state index contributed by atoms with van der Waals surface area (Å²) in [6, 6.07) is 0. The van der Waals surface area contributed by atoms with Crippen molar-refractivity contribution in [2.24, 2.45) is 5.92 Å². The second-order valence-electron chi connectivity index (χ2n) is 5.12. The molecule has 1 saturated carbocycles. The molecule has 1 amide bonds. The Morgan fingerprint density at radius 1 is 1.53 bits per heavy atom. The first kappa shape index (κ1) is 13.7. The molecule has 2 rings (SSSR count). The van der Waals surface area contributed by atoms with E-state index in [1.165, 1.54) is 0 Å². The number of aryl methyl sites for hydroxylation is 2. The first-order chi connectivity index (χ1) is 8.97. The van der Waals surface area contributed by atoms with Crippen LogP contribution in [0.15, 0.2) is 4.79 Å². The van der Waals surface area contributed by atoms with E-state index in [-0.39, 0.29) is 12.3 Å². The molecular weight excluding hydrogens is 246 g/mol. The van der Waals surface area contributed by atoms with Crippen molar-refractivity contribution in [3.8, 4) is 0 Å². The fraction of sp³-hybridized carbons (Fsp3) is 0.615. The zero-order valence-electron chi connectivity index (χ0n) is 11.2. The molecule has 1 aromatic rings. The van der Waals surface area contributed by atoms with E-state index in [1.807, 2.05) is 0 Å². The first-order valence-corrected chi connectivity index (χ1v) is 6.48. The number of amides is 1. The van der Waals surface area contributed by atoms with Gasteiger partial charge in [0, 0.05) is 23.5 Å². The van der Waals surface area contributed by atoms with Crippen molar-refractivity contribution in [3.05, 3.63) is 27.4 Å². The molecule has 0 bridgehead atoms. The van der Waals surface area contributed by atoms with Gasteiger partial charge in [-0.05, 0) is 32.6 Å². The molecule has 3 N–H and O–H groups in total. The minimum Gasteiger partial charge on any atom is -0.391 e. The van der Waals surface area contributed by atoms with Gasteiger partial charge in [0.05, 0.1) is 12.5 Å². The van der Waals surface area contributed by atoms with Crippen molar-refractivity contribution < 1.29 is 9.90 Å². The Kier molecular flexibility index (Phi) is 3.99. The van der Waals surface area contributed by atoms with Gasteiger partial charge >= 0.3 is 5.69 Å². The fourth-order valence-corrected chi connectivity index (χ4v) is 2.10. The van der Waals surface area contributed by atoms with E-state index in [4.69, 9.17) is 0 Å². The topological polar surface area (TPSA) is 95.1 Å². The summed E-state index contributed by atoms with van der Waals surface area (Å²) in [7, 11) is 0. The number of nitrogens with one attached hydrogen (secondary N) is 2. The Morgan fingerprint density at radius 3 is 2.79 bits per heavy atom. The van der Waals surface area contributed by atoms with Gasteiger partial charge in [-0.25, -0.2) is 4.79 Å². The van der Waals surface area contributed by atoms with Gasteiger partial charge in [0.25, 0.3) is 0 Å². The molecule has 1 heterocycles. The van der Waals surface area contributed by atoms with Gasteiger partial charge in [-0.1, -0.05) is 0 Å². The van der Waals surface area contributed by atoms with Crippen LogP contribution in [0.25, 0.3) is 0 Å². The van der Waals surface area contributed by atoms with E-state index in [0.29, 0.717) is 23.9 Å². The maximum absolute atomic E-state index is 11.8. The van der Waals surface area contributed by atoms with Crippen molar-refractivity contribution in [3.63, 3.8) is 0 Å². The third-order valence-electron chi connectivity index (χ3n) is 3.46. The Hall–Kier alpha value is -1.69. The molecule has 104 valence electrons. The van der Waals surface area contributed by atoms with Gasteiger partial charge < -0.3 is 15.4 Å². The molecule has 0 saturated heterocycles. The number of aromatic nitrogens is 2. The molecule has 1 aliphatic rings. The maximum atomic E-state index is 11.8. The molecule has 1 unspecified atom stereocenters. The van der Waals surface area contributed by atoms with Gasteiger partial charge in [0.15, 0.2) is 0 Å². The van der Waals surface area contributed by atoms with Crippen LogP contribution in [-0.4, -0.2) is 33.6 Å². The fourth-order valence-electron chi connectivity index (χ4n) is 2.10. The van der Waals surface area contributed by atoms with Crippen molar-refractivity contribution >= 4 is 5.91 Å². The third kappa shape index (κ3) is 3.64. The number of carbonyl (C=O) groups is 1. The van der Waals surface area contributed by atoms with E-state index < -0.39 is 11.8 Å². The zero-order valence-corrected chi connectivity index (χ0v) is 11.2. The van der Waals surface area contributed by atoms with E-state index in [1.54, 1.807) is 13.8 Å². The Bertz CT molecular complexity index is 508. The molecule has 1 atom stereocenters. The summed E-state index contributed by atoms with van der Waals surface area (Å²) in [6.07, 6.45) is 1.80. The van der Waals surface area contributed by atoms with Crippen molar-refractivity contribution in [1.82, 2.24) is 15.3 Å². The van der Waals surface area contributed by atoms with Crippen LogP contribution in [-0.2, 0) is 11.2 Å². The monoisotopic (exact) mass is 265 g/mol. The van der Waals surface area contributed by atoms with E-state index >= 15 is 0 Å². The number of nitrogens with zero attached hydrogens (tertiary/aromatic N) is 1. The van der Waals surface area contributed by atoms with Crippen LogP contribution in [0.5, 0.6) is 0 Å². The summed E-state index contributed by atoms with van der Waals surface area (Å²) in [5.41, 5.74) is 1.57. The number of hydrogen-bond donors (Lipinski definition) is 3. The first-order valence-electron chi connectivity index (χ1n) is 6.48. The zero-order chi connectivity index (χ0) is 14.0. The van der Waals surface area contributed by atoms with Gasteiger partial charge in [-0.3, -0.25) is 4.79 Å². The molecule has 19 heavy (non-hydrogen) atoms. The second kappa shape index (κ2) is 5.52. The Balaban J connectivity index is 1.93. The highest BCUT2D eigenvalue weighted by molar-refractivity contribution is 5.79. The number of hydrogen-bond acceptors (Lipinski definition) is 4. The average Bonchev–Trinajstić information content (AvgIpc) is 3.14. The highest BCUT2D eigenvalue weighted by Gasteiger charge is 2.29. The van der Waals surface area contributed by atoms with Crippen molar-refractivity contribution in [2.45, 2.75) is 39.2 Å². The van der Waals surface area contributed by atoms with Crippen molar-refractivity contribution in [2.75, 3.05) is 6.54 Å². The molecule has 6 nitrogen and oxygen atoms in total. The Labute approximate surface area is 111 Å². The van der Waals surface area contributed by atoms with Gasteiger partial charge in [0.1, 0.15) is 0 Å². The number of carbonyl (C=O) groups excluding carboxylic acids is 1. The Morgan fingerprint density at radius 2 is 2.21 bits per heavy atom. The van der Waals surface area contributed by atoms with E-state index in [0.717, 1.165) is 18.4 Å². The van der Waals surface area contributed by atoms with Crippen molar-refractivity contribution in [1.29, 1.82) is 0 Å². The molecule has 1 aromatic heterocycles. The third-order valence-corrected chi connectivity index (χ3v) is 3.46. The van der Waals surface area contributed by atoms with Crippen LogP contribution < -0.4 is 11.0 Å². The van der Waals surface area contributed by atoms with E-state index in [2.05, 4.69) is 15.3 Å². The van der Waals surface area contributed by atoms with E-state index in [9.17, 15) is 14.7 Å². The quantitative estimate of drug-likeness (QED) is 0.688. The standard InChI is InChI=1S/C13H19N3O3/c1-7-10(8(2)16-13(19)15-7)5-12(18)14-6-11(17)9-3-4-9/h9,11,17H,3-6H2,1-2H3,(H,14,18)(H,15,16,19). The number of rotatable bonds is 5. The summed E-state index contributed by atoms with van der Waals surface area (Å²) in [5, 5.41) is 12.4. The lowest BCUT2D eigenvalue weighted by atomic mass is 10.1. The molecule has 0 radical (unpaired) electrons. The summed E-state index contributed by atoms with van der Waals surface area (Å²) in [6.45, 7) is 3.75. The minimum absolute atomic E-state index is 0.166. The molecule has 0 spiro atoms. The summed E-state index contributed by atoms with van der Waals surface area (Å²) >= 11 is 0. The van der Waals surface area contributed by atoms with Gasteiger partial charge in [-0.2, -0.15) is 4.98 Å². The number of aliphatic hydroxyl groups is 1. The average molecular weight is 265 g/mol. The number of aliphatic hydroxyl groups excluding tert-OH is 1. The smallest absolute Gasteiger partial charge is 0.345 e. The second-order valence-corrected chi connectivity index (χ2v) is 5.12. The lowest BCUT2D eigenvalue weighted by Gasteiger charge is -2.12. The largest absolute Gasteiger partial charge is 0.391 e.